The fraction of sp³-hybridized carbons (Fsp3) is 0.222. The summed E-state index contributed by atoms with van der Waals surface area (Å²) in [6.07, 6.45) is 7.74. The van der Waals surface area contributed by atoms with Crippen LogP contribution in [0.4, 0.5) is 0 Å². The summed E-state index contributed by atoms with van der Waals surface area (Å²) in [5.74, 6) is 1.97. The second kappa shape index (κ2) is 5.50. The van der Waals surface area contributed by atoms with Crippen LogP contribution in [-0.2, 0) is 11.3 Å². The normalized spacial score (nSPS) is 9.33. The van der Waals surface area contributed by atoms with Crippen molar-refractivity contribution >= 4 is 28.5 Å². The number of terminal acetylenes is 1. The van der Waals surface area contributed by atoms with Gasteiger partial charge in [-0.25, -0.2) is 4.98 Å². The van der Waals surface area contributed by atoms with E-state index in [4.69, 9.17) is 6.42 Å². The van der Waals surface area contributed by atoms with Crippen LogP contribution in [0.1, 0.15) is 0 Å². The Bertz CT molecular complexity index is 461. The lowest BCUT2D eigenvalue weighted by Crippen LogP contribution is -2.33. The Morgan fingerprint density at radius 3 is 3.13 bits per heavy atom. The molecule has 1 aromatic heterocycles. The fourth-order valence-corrected chi connectivity index (χ4v) is 1.37. The summed E-state index contributed by atoms with van der Waals surface area (Å²) in [5, 5.41) is 2.46. The van der Waals surface area contributed by atoms with E-state index in [0.29, 0.717) is 3.57 Å². The van der Waals surface area contributed by atoms with E-state index >= 15 is 0 Å². The first-order valence-corrected chi connectivity index (χ1v) is 5.13. The number of halogens is 1. The zero-order valence-corrected chi connectivity index (χ0v) is 9.89. The molecule has 6 heteroatoms. The molecule has 0 aliphatic heterocycles. The molecule has 0 spiro atoms. The fourth-order valence-electron chi connectivity index (χ4n) is 0.897. The number of nitrogens with zero attached hydrogens (tertiary/aromatic N) is 2. The predicted octanol–water partition coefficient (Wildman–Crippen LogP) is -0.403. The summed E-state index contributed by atoms with van der Waals surface area (Å²) in [5.41, 5.74) is -0.235. The lowest BCUT2D eigenvalue weighted by atomic mass is 10.5. The number of carbonyl (C=O) groups excluding carboxylic acids is 1. The minimum absolute atomic E-state index is 0.0651. The minimum atomic E-state index is -0.307. The molecule has 0 aliphatic rings. The van der Waals surface area contributed by atoms with Crippen LogP contribution in [0.5, 0.6) is 0 Å². The van der Waals surface area contributed by atoms with Crippen LogP contribution in [0, 0.1) is 15.9 Å². The largest absolute Gasteiger partial charge is 0.344 e. The molecule has 0 radical (unpaired) electrons. The minimum Gasteiger partial charge on any atom is -0.344 e. The Kier molecular flexibility index (Phi) is 4.30. The second-order valence-electron chi connectivity index (χ2n) is 2.66. The van der Waals surface area contributed by atoms with E-state index in [0.717, 1.165) is 0 Å². The first kappa shape index (κ1) is 11.7. The summed E-state index contributed by atoms with van der Waals surface area (Å²) in [4.78, 5) is 26.5. The van der Waals surface area contributed by atoms with E-state index in [1.54, 1.807) is 0 Å². The zero-order chi connectivity index (χ0) is 11.3. The van der Waals surface area contributed by atoms with Crippen molar-refractivity contribution in [3.63, 3.8) is 0 Å². The number of hydrogen-bond acceptors (Lipinski definition) is 3. The summed E-state index contributed by atoms with van der Waals surface area (Å²) in [6, 6.07) is 0. The number of carbonyl (C=O) groups is 1. The van der Waals surface area contributed by atoms with E-state index in [1.807, 2.05) is 22.6 Å². The van der Waals surface area contributed by atoms with Gasteiger partial charge in [0.15, 0.2) is 0 Å². The molecule has 0 aliphatic carbocycles. The van der Waals surface area contributed by atoms with Gasteiger partial charge in [0.2, 0.25) is 5.91 Å². The van der Waals surface area contributed by atoms with E-state index in [2.05, 4.69) is 16.2 Å². The maximum atomic E-state index is 11.5. The molecule has 0 unspecified atom stereocenters. The molecule has 0 saturated heterocycles. The molecule has 0 aromatic carbocycles. The highest BCUT2D eigenvalue weighted by Crippen LogP contribution is 1.92. The molecular formula is C9H8IN3O2. The van der Waals surface area contributed by atoms with E-state index in [9.17, 15) is 9.59 Å². The third-order valence-corrected chi connectivity index (χ3v) is 2.30. The van der Waals surface area contributed by atoms with E-state index < -0.39 is 0 Å². The van der Waals surface area contributed by atoms with Gasteiger partial charge in [-0.05, 0) is 22.6 Å². The molecular weight excluding hydrogens is 309 g/mol. The van der Waals surface area contributed by atoms with Crippen LogP contribution in [-0.4, -0.2) is 22.0 Å². The number of rotatable bonds is 3. The van der Waals surface area contributed by atoms with E-state index in [1.165, 1.54) is 17.1 Å². The Labute approximate surface area is 100 Å². The Morgan fingerprint density at radius 1 is 1.73 bits per heavy atom. The number of amides is 1. The quantitative estimate of drug-likeness (QED) is 0.609. The van der Waals surface area contributed by atoms with Crippen molar-refractivity contribution in [3.8, 4) is 12.3 Å². The van der Waals surface area contributed by atoms with Gasteiger partial charge in [-0.2, -0.15) is 0 Å². The standard InChI is InChI=1S/C9H8IN3O2/c1-2-3-12-8(14)5-13-6-11-4-7(10)9(13)15/h1,4,6H,3,5H2,(H,12,14). The van der Waals surface area contributed by atoms with Crippen molar-refractivity contribution in [1.82, 2.24) is 14.9 Å². The van der Waals surface area contributed by atoms with Crippen LogP contribution in [0.3, 0.4) is 0 Å². The second-order valence-corrected chi connectivity index (χ2v) is 3.82. The first-order chi connectivity index (χ1) is 7.15. The molecule has 0 bridgehead atoms. The molecule has 1 aromatic rings. The van der Waals surface area contributed by atoms with Crippen molar-refractivity contribution in [2.45, 2.75) is 6.54 Å². The van der Waals surface area contributed by atoms with E-state index in [-0.39, 0.29) is 24.6 Å². The van der Waals surface area contributed by atoms with Crippen molar-refractivity contribution in [2.24, 2.45) is 0 Å². The zero-order valence-electron chi connectivity index (χ0n) is 7.74. The maximum Gasteiger partial charge on any atom is 0.267 e. The van der Waals surface area contributed by atoms with Crippen molar-refractivity contribution in [3.05, 3.63) is 26.4 Å². The molecule has 0 atom stereocenters. The SMILES string of the molecule is C#CCNC(=O)Cn1cncc(I)c1=O. The number of hydrogen-bond donors (Lipinski definition) is 1. The monoisotopic (exact) mass is 317 g/mol. The number of nitrogens with one attached hydrogen (secondary N) is 1. The van der Waals surface area contributed by atoms with Crippen LogP contribution in [0.2, 0.25) is 0 Å². The van der Waals surface area contributed by atoms with Gasteiger partial charge in [0.1, 0.15) is 6.54 Å². The van der Waals surface area contributed by atoms with Gasteiger partial charge in [-0.15, -0.1) is 6.42 Å². The summed E-state index contributed by atoms with van der Waals surface area (Å²) < 4.78 is 1.70. The lowest BCUT2D eigenvalue weighted by Gasteiger charge is -2.04. The Hall–Kier alpha value is -1.36. The summed E-state index contributed by atoms with van der Waals surface area (Å²) in [7, 11) is 0. The van der Waals surface area contributed by atoms with Gasteiger partial charge in [-0.1, -0.05) is 5.92 Å². The molecule has 78 valence electrons. The molecule has 1 N–H and O–H groups in total. The van der Waals surface area contributed by atoms with Crippen LogP contribution < -0.4 is 10.9 Å². The molecule has 15 heavy (non-hydrogen) atoms. The predicted molar refractivity (Wildman–Crippen MR) is 63.1 cm³/mol. The van der Waals surface area contributed by atoms with Crippen molar-refractivity contribution < 1.29 is 4.79 Å². The van der Waals surface area contributed by atoms with Crippen LogP contribution in [0.25, 0.3) is 0 Å². The van der Waals surface area contributed by atoms with Gasteiger partial charge < -0.3 is 5.32 Å². The third-order valence-electron chi connectivity index (χ3n) is 1.56. The Morgan fingerprint density at radius 2 is 2.47 bits per heavy atom. The molecule has 1 amide bonds. The summed E-state index contributed by atoms with van der Waals surface area (Å²) >= 11 is 1.87. The highest BCUT2D eigenvalue weighted by Gasteiger charge is 2.05. The van der Waals surface area contributed by atoms with Gasteiger partial charge in [0.25, 0.3) is 5.56 Å². The molecule has 0 fully saturated rings. The Balaban J connectivity index is 2.74. The van der Waals surface area contributed by atoms with Gasteiger partial charge in [-0.3, -0.25) is 14.2 Å². The highest BCUT2D eigenvalue weighted by molar-refractivity contribution is 14.1. The van der Waals surface area contributed by atoms with Gasteiger partial charge in [0.05, 0.1) is 16.4 Å². The highest BCUT2D eigenvalue weighted by atomic mass is 127. The molecule has 1 heterocycles. The van der Waals surface area contributed by atoms with Crippen LogP contribution in [0.15, 0.2) is 17.3 Å². The third kappa shape index (κ3) is 3.36. The van der Waals surface area contributed by atoms with Gasteiger partial charge >= 0.3 is 0 Å². The maximum absolute atomic E-state index is 11.5. The van der Waals surface area contributed by atoms with Crippen LogP contribution >= 0.6 is 22.6 Å². The van der Waals surface area contributed by atoms with Crippen molar-refractivity contribution in [1.29, 1.82) is 0 Å². The lowest BCUT2D eigenvalue weighted by molar-refractivity contribution is -0.121. The first-order valence-electron chi connectivity index (χ1n) is 4.05. The average Bonchev–Trinajstić information content (AvgIpc) is 2.22. The van der Waals surface area contributed by atoms with Gasteiger partial charge in [0, 0.05) is 6.20 Å². The molecule has 5 nitrogen and oxygen atoms in total. The number of aromatic nitrogens is 2. The molecule has 0 saturated carbocycles. The smallest absolute Gasteiger partial charge is 0.267 e. The topological polar surface area (TPSA) is 64.0 Å². The average molecular weight is 317 g/mol. The molecule has 1 rings (SSSR count). The van der Waals surface area contributed by atoms with Crippen molar-refractivity contribution in [2.75, 3.05) is 6.54 Å². The summed E-state index contributed by atoms with van der Waals surface area (Å²) in [6.45, 7) is 0.0926.